The van der Waals surface area contributed by atoms with E-state index < -0.39 is 12.1 Å². The molecule has 1 heterocycles. The number of carbonyl (C=O) groups excluding carboxylic acids is 1. The van der Waals surface area contributed by atoms with Crippen LogP contribution in [0.3, 0.4) is 0 Å². The van der Waals surface area contributed by atoms with E-state index in [1.54, 1.807) is 25.1 Å². The quantitative estimate of drug-likeness (QED) is 0.807. The van der Waals surface area contributed by atoms with E-state index in [-0.39, 0.29) is 6.61 Å². The molecule has 17 heavy (non-hydrogen) atoms. The van der Waals surface area contributed by atoms with E-state index in [1.807, 2.05) is 0 Å². The van der Waals surface area contributed by atoms with Gasteiger partial charge in [0.1, 0.15) is 6.61 Å². The van der Waals surface area contributed by atoms with Gasteiger partial charge in [-0.2, -0.15) is 0 Å². The lowest BCUT2D eigenvalue weighted by Crippen LogP contribution is -2.15. The second-order valence-corrected chi connectivity index (χ2v) is 4.74. The van der Waals surface area contributed by atoms with Gasteiger partial charge in [0.25, 0.3) is 0 Å². The maximum atomic E-state index is 11.6. The molecule has 1 aromatic carbocycles. The molecule has 1 atom stereocenters. The zero-order valence-corrected chi connectivity index (χ0v) is 10.0. The molecule has 0 radical (unpaired) electrons. The van der Waals surface area contributed by atoms with Gasteiger partial charge in [0.15, 0.2) is 5.13 Å². The molecule has 5 nitrogen and oxygen atoms in total. The monoisotopic (exact) mass is 252 g/mol. The highest BCUT2D eigenvalue weighted by atomic mass is 32.1. The molecule has 1 aromatic heterocycles. The fraction of sp³-hybridized carbons (Fsp3) is 0.273. The third kappa shape index (κ3) is 2.72. The number of benzene rings is 1. The molecule has 0 bridgehead atoms. The first kappa shape index (κ1) is 11.8. The standard InChI is InChI=1S/C11H12N2O3S/c1-6(14)5-16-10(15)7-2-3-8-9(4-7)17-11(12)13-8/h2-4,6,14H,5H2,1H3,(H2,12,13). The topological polar surface area (TPSA) is 85.4 Å². The van der Waals surface area contributed by atoms with Crippen LogP contribution in [-0.4, -0.2) is 28.8 Å². The lowest BCUT2D eigenvalue weighted by atomic mass is 10.2. The Morgan fingerprint density at radius 1 is 1.65 bits per heavy atom. The number of anilines is 1. The van der Waals surface area contributed by atoms with Crippen molar-refractivity contribution < 1.29 is 14.6 Å². The maximum absolute atomic E-state index is 11.6. The summed E-state index contributed by atoms with van der Waals surface area (Å²) >= 11 is 1.32. The van der Waals surface area contributed by atoms with Crippen molar-refractivity contribution in [3.8, 4) is 0 Å². The summed E-state index contributed by atoms with van der Waals surface area (Å²) in [5, 5.41) is 9.49. The first-order valence-corrected chi connectivity index (χ1v) is 5.89. The van der Waals surface area contributed by atoms with Crippen molar-refractivity contribution in [3.63, 3.8) is 0 Å². The molecule has 1 unspecified atom stereocenters. The Morgan fingerprint density at radius 3 is 3.12 bits per heavy atom. The highest BCUT2D eigenvalue weighted by Crippen LogP contribution is 2.24. The van der Waals surface area contributed by atoms with Gasteiger partial charge in [-0.15, -0.1) is 0 Å². The number of fused-ring (bicyclic) bond motifs is 1. The summed E-state index contributed by atoms with van der Waals surface area (Å²) < 4.78 is 5.75. The minimum absolute atomic E-state index is 0.0122. The van der Waals surface area contributed by atoms with Gasteiger partial charge in [-0.3, -0.25) is 0 Å². The summed E-state index contributed by atoms with van der Waals surface area (Å²) in [6.07, 6.45) is -0.665. The number of aliphatic hydroxyl groups excluding tert-OH is 1. The van der Waals surface area contributed by atoms with E-state index in [0.717, 1.165) is 10.2 Å². The van der Waals surface area contributed by atoms with Crippen LogP contribution in [0.15, 0.2) is 18.2 Å². The molecule has 0 aliphatic rings. The third-order valence-corrected chi connectivity index (χ3v) is 2.94. The summed E-state index contributed by atoms with van der Waals surface area (Å²) in [6.45, 7) is 1.54. The van der Waals surface area contributed by atoms with Gasteiger partial charge in [-0.25, -0.2) is 9.78 Å². The largest absolute Gasteiger partial charge is 0.459 e. The number of nitrogens with two attached hydrogens (primary N) is 1. The molecule has 0 aliphatic heterocycles. The Morgan fingerprint density at radius 2 is 2.41 bits per heavy atom. The number of hydrogen-bond donors (Lipinski definition) is 2. The van der Waals surface area contributed by atoms with E-state index >= 15 is 0 Å². The van der Waals surface area contributed by atoms with E-state index in [9.17, 15) is 4.79 Å². The van der Waals surface area contributed by atoms with Crippen molar-refractivity contribution in [2.24, 2.45) is 0 Å². The summed E-state index contributed by atoms with van der Waals surface area (Å²) in [5.41, 5.74) is 6.77. The van der Waals surface area contributed by atoms with Crippen LogP contribution in [0, 0.1) is 0 Å². The molecule has 0 saturated heterocycles. The molecule has 90 valence electrons. The Bertz CT molecular complexity index is 551. The van der Waals surface area contributed by atoms with Gasteiger partial charge in [0.2, 0.25) is 0 Å². The van der Waals surface area contributed by atoms with Crippen molar-refractivity contribution in [1.82, 2.24) is 4.98 Å². The number of aromatic nitrogens is 1. The summed E-state index contributed by atoms with van der Waals surface area (Å²) in [6, 6.07) is 5.04. The first-order chi connectivity index (χ1) is 8.06. The first-order valence-electron chi connectivity index (χ1n) is 5.07. The van der Waals surface area contributed by atoms with Crippen molar-refractivity contribution in [2.75, 3.05) is 12.3 Å². The molecular weight excluding hydrogens is 240 g/mol. The van der Waals surface area contributed by atoms with Crippen LogP contribution < -0.4 is 5.73 Å². The lowest BCUT2D eigenvalue weighted by Gasteiger charge is -2.06. The Balaban J connectivity index is 2.20. The normalized spacial score (nSPS) is 12.6. The van der Waals surface area contributed by atoms with Gasteiger partial charge in [-0.1, -0.05) is 11.3 Å². The Kier molecular flexibility index (Phi) is 3.26. The number of nitrogen functional groups attached to an aromatic ring is 1. The zero-order valence-electron chi connectivity index (χ0n) is 9.21. The minimum Gasteiger partial charge on any atom is -0.459 e. The molecule has 6 heteroatoms. The van der Waals surface area contributed by atoms with Gasteiger partial charge < -0.3 is 15.6 Å². The molecule has 0 spiro atoms. The number of ether oxygens (including phenoxy) is 1. The number of aliphatic hydroxyl groups is 1. The van der Waals surface area contributed by atoms with Crippen LogP contribution in [0.2, 0.25) is 0 Å². The van der Waals surface area contributed by atoms with Gasteiger partial charge in [-0.05, 0) is 25.1 Å². The Labute approximate surface area is 102 Å². The van der Waals surface area contributed by atoms with Crippen molar-refractivity contribution in [3.05, 3.63) is 23.8 Å². The number of esters is 1. The predicted octanol–water partition coefficient (Wildman–Crippen LogP) is 1.42. The number of nitrogens with zero attached hydrogens (tertiary/aromatic N) is 1. The van der Waals surface area contributed by atoms with E-state index in [1.165, 1.54) is 11.3 Å². The van der Waals surface area contributed by atoms with Crippen molar-refractivity contribution in [2.45, 2.75) is 13.0 Å². The SMILES string of the molecule is CC(O)COC(=O)c1ccc2nc(N)sc2c1. The van der Waals surface area contributed by atoms with Crippen LogP contribution in [0.4, 0.5) is 5.13 Å². The second-order valence-electron chi connectivity index (χ2n) is 3.68. The average Bonchev–Trinajstić information content (AvgIpc) is 2.64. The lowest BCUT2D eigenvalue weighted by molar-refractivity contribution is 0.0296. The number of carbonyl (C=O) groups is 1. The summed E-state index contributed by atoms with van der Waals surface area (Å²) in [4.78, 5) is 15.7. The smallest absolute Gasteiger partial charge is 0.338 e. The van der Waals surface area contributed by atoms with E-state index in [0.29, 0.717) is 10.7 Å². The van der Waals surface area contributed by atoms with Crippen LogP contribution in [0.25, 0.3) is 10.2 Å². The Hall–Kier alpha value is -1.66. The van der Waals surface area contributed by atoms with Crippen LogP contribution in [0.5, 0.6) is 0 Å². The molecule has 0 aliphatic carbocycles. The average molecular weight is 252 g/mol. The zero-order chi connectivity index (χ0) is 12.4. The molecule has 0 saturated carbocycles. The third-order valence-electron chi connectivity index (χ3n) is 2.10. The molecule has 2 rings (SSSR count). The molecule has 2 aromatic rings. The molecule has 3 N–H and O–H groups in total. The molecule has 0 fully saturated rings. The highest BCUT2D eigenvalue weighted by Gasteiger charge is 2.10. The van der Waals surface area contributed by atoms with Gasteiger partial charge in [0, 0.05) is 0 Å². The second kappa shape index (κ2) is 4.68. The fourth-order valence-corrected chi connectivity index (χ4v) is 2.12. The summed E-state index contributed by atoms with van der Waals surface area (Å²) in [5.74, 6) is -0.459. The van der Waals surface area contributed by atoms with Crippen molar-refractivity contribution in [1.29, 1.82) is 0 Å². The number of rotatable bonds is 3. The van der Waals surface area contributed by atoms with Crippen LogP contribution in [-0.2, 0) is 4.74 Å². The molecular formula is C11H12N2O3S. The predicted molar refractivity (Wildman–Crippen MR) is 66.0 cm³/mol. The van der Waals surface area contributed by atoms with Crippen LogP contribution >= 0.6 is 11.3 Å². The minimum atomic E-state index is -0.665. The number of thiazole rings is 1. The van der Waals surface area contributed by atoms with E-state index in [4.69, 9.17) is 15.6 Å². The van der Waals surface area contributed by atoms with Crippen LogP contribution in [0.1, 0.15) is 17.3 Å². The number of hydrogen-bond acceptors (Lipinski definition) is 6. The van der Waals surface area contributed by atoms with Gasteiger partial charge >= 0.3 is 5.97 Å². The van der Waals surface area contributed by atoms with Crippen molar-refractivity contribution >= 4 is 32.7 Å². The fourth-order valence-electron chi connectivity index (χ4n) is 1.35. The highest BCUT2D eigenvalue weighted by molar-refractivity contribution is 7.22. The van der Waals surface area contributed by atoms with E-state index in [2.05, 4.69) is 4.98 Å². The summed E-state index contributed by atoms with van der Waals surface area (Å²) in [7, 11) is 0. The molecule has 0 amide bonds. The maximum Gasteiger partial charge on any atom is 0.338 e. The van der Waals surface area contributed by atoms with Gasteiger partial charge in [0.05, 0.1) is 21.9 Å².